The Labute approximate surface area is 92.5 Å². The Balaban J connectivity index is 2.08. The van der Waals surface area contributed by atoms with Crippen molar-refractivity contribution in [3.63, 3.8) is 0 Å². The van der Waals surface area contributed by atoms with Crippen LogP contribution < -0.4 is 0 Å². The van der Waals surface area contributed by atoms with Crippen molar-refractivity contribution in [2.75, 3.05) is 0 Å². The summed E-state index contributed by atoms with van der Waals surface area (Å²) in [5, 5.41) is 0. The summed E-state index contributed by atoms with van der Waals surface area (Å²) in [6.45, 7) is 4.47. The highest BCUT2D eigenvalue weighted by atomic mass is 16.6. The van der Waals surface area contributed by atoms with Crippen LogP contribution in [0.1, 0.15) is 51.2 Å². The summed E-state index contributed by atoms with van der Waals surface area (Å²) < 4.78 is 5.97. The predicted octanol–water partition coefficient (Wildman–Crippen LogP) is 4.10. The molecule has 0 radical (unpaired) electrons. The van der Waals surface area contributed by atoms with Crippen molar-refractivity contribution in [2.45, 2.75) is 51.2 Å². The molecule has 1 heteroatoms. The van der Waals surface area contributed by atoms with Crippen molar-refractivity contribution < 1.29 is 4.74 Å². The third-order valence-electron chi connectivity index (χ3n) is 3.22. The SMILES string of the molecule is CCCC1(CCC)OC1c1ccccc1. The summed E-state index contributed by atoms with van der Waals surface area (Å²) in [6.07, 6.45) is 5.17. The van der Waals surface area contributed by atoms with Crippen molar-refractivity contribution in [2.24, 2.45) is 0 Å². The van der Waals surface area contributed by atoms with Crippen LogP contribution in [0.15, 0.2) is 30.3 Å². The van der Waals surface area contributed by atoms with E-state index in [2.05, 4.69) is 44.2 Å². The number of ether oxygens (including phenoxy) is 1. The first kappa shape index (κ1) is 10.7. The van der Waals surface area contributed by atoms with E-state index in [4.69, 9.17) is 4.74 Å². The maximum absolute atomic E-state index is 5.97. The van der Waals surface area contributed by atoms with Crippen LogP contribution >= 0.6 is 0 Å². The van der Waals surface area contributed by atoms with Gasteiger partial charge in [0.2, 0.25) is 0 Å². The first-order valence-electron chi connectivity index (χ1n) is 6.05. The molecule has 1 aliphatic heterocycles. The van der Waals surface area contributed by atoms with Gasteiger partial charge in [0, 0.05) is 0 Å². The Morgan fingerprint density at radius 2 is 1.67 bits per heavy atom. The normalized spacial score (nSPS) is 22.7. The molecule has 0 aromatic heterocycles. The standard InChI is InChI=1S/C14H20O/c1-3-10-14(11-4-2)13(15-14)12-8-6-5-7-9-12/h5-9,13H,3-4,10-11H2,1-2H3. The fraction of sp³-hybridized carbons (Fsp3) is 0.571. The molecule has 1 heterocycles. The van der Waals surface area contributed by atoms with Gasteiger partial charge in [-0.25, -0.2) is 0 Å². The molecule has 0 N–H and O–H groups in total. The third-order valence-corrected chi connectivity index (χ3v) is 3.22. The van der Waals surface area contributed by atoms with Gasteiger partial charge in [0.15, 0.2) is 0 Å². The molecule has 1 saturated heterocycles. The van der Waals surface area contributed by atoms with Gasteiger partial charge in [-0.1, -0.05) is 57.0 Å². The summed E-state index contributed by atoms with van der Waals surface area (Å²) >= 11 is 0. The summed E-state index contributed by atoms with van der Waals surface area (Å²) in [5.41, 5.74) is 1.52. The molecule has 0 spiro atoms. The Morgan fingerprint density at radius 3 is 2.20 bits per heavy atom. The van der Waals surface area contributed by atoms with E-state index < -0.39 is 0 Å². The Hall–Kier alpha value is -0.820. The molecule has 0 aliphatic carbocycles. The van der Waals surface area contributed by atoms with Gasteiger partial charge in [-0.3, -0.25) is 0 Å². The van der Waals surface area contributed by atoms with Gasteiger partial charge in [0.1, 0.15) is 6.10 Å². The number of benzene rings is 1. The van der Waals surface area contributed by atoms with Crippen LogP contribution in [-0.2, 0) is 4.74 Å². The van der Waals surface area contributed by atoms with Gasteiger partial charge in [-0.05, 0) is 18.4 Å². The van der Waals surface area contributed by atoms with Crippen LogP contribution in [-0.4, -0.2) is 5.60 Å². The second-order valence-corrected chi connectivity index (χ2v) is 4.47. The van der Waals surface area contributed by atoms with E-state index in [9.17, 15) is 0 Å². The van der Waals surface area contributed by atoms with Gasteiger partial charge in [-0.15, -0.1) is 0 Å². The average molecular weight is 204 g/mol. The average Bonchev–Trinajstić information content (AvgIpc) is 2.95. The van der Waals surface area contributed by atoms with Gasteiger partial charge < -0.3 is 4.74 Å². The molecule has 82 valence electrons. The number of rotatable bonds is 5. The van der Waals surface area contributed by atoms with Gasteiger partial charge in [0.05, 0.1) is 5.60 Å². The second kappa shape index (κ2) is 4.36. The van der Waals surface area contributed by atoms with E-state index in [-0.39, 0.29) is 5.60 Å². The maximum atomic E-state index is 5.97. The molecule has 0 saturated carbocycles. The molecular formula is C14H20O. The van der Waals surface area contributed by atoms with Gasteiger partial charge in [-0.2, -0.15) is 0 Å². The summed E-state index contributed by atoms with van der Waals surface area (Å²) in [6, 6.07) is 10.6. The van der Waals surface area contributed by atoms with Crippen LogP contribution in [0.2, 0.25) is 0 Å². The van der Waals surface area contributed by atoms with E-state index in [1.807, 2.05) is 0 Å². The Morgan fingerprint density at radius 1 is 1.07 bits per heavy atom. The lowest BCUT2D eigenvalue weighted by Gasteiger charge is -2.09. The first-order valence-corrected chi connectivity index (χ1v) is 6.05. The molecule has 1 aliphatic rings. The number of epoxide rings is 1. The highest BCUT2D eigenvalue weighted by Crippen LogP contribution is 2.55. The lowest BCUT2D eigenvalue weighted by Crippen LogP contribution is -2.11. The van der Waals surface area contributed by atoms with Crippen LogP contribution in [0.4, 0.5) is 0 Å². The molecule has 1 unspecified atom stereocenters. The fourth-order valence-electron chi connectivity index (χ4n) is 2.55. The minimum atomic E-state index is 0.171. The molecule has 1 fully saturated rings. The highest BCUT2D eigenvalue weighted by molar-refractivity contribution is 5.26. The summed E-state index contributed by atoms with van der Waals surface area (Å²) in [7, 11) is 0. The van der Waals surface area contributed by atoms with Crippen molar-refractivity contribution in [1.29, 1.82) is 0 Å². The predicted molar refractivity (Wildman–Crippen MR) is 62.8 cm³/mol. The van der Waals surface area contributed by atoms with Crippen molar-refractivity contribution in [3.8, 4) is 0 Å². The molecular weight excluding hydrogens is 184 g/mol. The van der Waals surface area contributed by atoms with Crippen molar-refractivity contribution in [3.05, 3.63) is 35.9 Å². The second-order valence-electron chi connectivity index (χ2n) is 4.47. The minimum Gasteiger partial charge on any atom is -0.361 e. The van der Waals surface area contributed by atoms with E-state index in [0.29, 0.717) is 6.10 Å². The van der Waals surface area contributed by atoms with Gasteiger partial charge in [0.25, 0.3) is 0 Å². The lowest BCUT2D eigenvalue weighted by atomic mass is 9.91. The van der Waals surface area contributed by atoms with E-state index in [1.165, 1.54) is 31.2 Å². The molecule has 1 nitrogen and oxygen atoms in total. The molecule has 2 rings (SSSR count). The maximum Gasteiger partial charge on any atom is 0.112 e. The zero-order chi connectivity index (χ0) is 10.7. The Bertz CT molecular complexity index is 298. The molecule has 1 aromatic rings. The molecule has 0 amide bonds. The lowest BCUT2D eigenvalue weighted by molar-refractivity contribution is 0.264. The first-order chi connectivity index (χ1) is 7.32. The zero-order valence-electron chi connectivity index (χ0n) is 9.70. The van der Waals surface area contributed by atoms with Gasteiger partial charge >= 0.3 is 0 Å². The zero-order valence-corrected chi connectivity index (χ0v) is 9.70. The topological polar surface area (TPSA) is 12.5 Å². The van der Waals surface area contributed by atoms with E-state index >= 15 is 0 Å². The number of hydrogen-bond donors (Lipinski definition) is 0. The largest absolute Gasteiger partial charge is 0.361 e. The highest BCUT2D eigenvalue weighted by Gasteiger charge is 2.54. The van der Waals surface area contributed by atoms with Crippen molar-refractivity contribution >= 4 is 0 Å². The quantitative estimate of drug-likeness (QED) is 0.658. The molecule has 0 bridgehead atoms. The monoisotopic (exact) mass is 204 g/mol. The molecule has 1 atom stereocenters. The van der Waals surface area contributed by atoms with Crippen LogP contribution in [0.5, 0.6) is 0 Å². The molecule has 1 aromatic carbocycles. The van der Waals surface area contributed by atoms with Crippen molar-refractivity contribution in [1.82, 2.24) is 0 Å². The number of hydrogen-bond acceptors (Lipinski definition) is 1. The smallest absolute Gasteiger partial charge is 0.112 e. The van der Waals surface area contributed by atoms with Crippen LogP contribution in [0.25, 0.3) is 0 Å². The third kappa shape index (κ3) is 2.07. The molecule has 15 heavy (non-hydrogen) atoms. The summed E-state index contributed by atoms with van der Waals surface area (Å²) in [5.74, 6) is 0. The summed E-state index contributed by atoms with van der Waals surface area (Å²) in [4.78, 5) is 0. The Kier molecular flexibility index (Phi) is 3.11. The van der Waals surface area contributed by atoms with Crippen LogP contribution in [0, 0.1) is 0 Å². The van der Waals surface area contributed by atoms with Crippen LogP contribution in [0.3, 0.4) is 0 Å². The van der Waals surface area contributed by atoms with E-state index in [0.717, 1.165) is 0 Å². The fourth-order valence-corrected chi connectivity index (χ4v) is 2.55. The minimum absolute atomic E-state index is 0.171. The van der Waals surface area contributed by atoms with E-state index in [1.54, 1.807) is 0 Å².